The van der Waals surface area contributed by atoms with Gasteiger partial charge in [0.05, 0.1) is 19.1 Å². The van der Waals surface area contributed by atoms with Crippen LogP contribution in [0, 0.1) is 0 Å². The zero-order chi connectivity index (χ0) is 22.9. The number of methoxy groups -OCH3 is 2. The van der Waals surface area contributed by atoms with Crippen LogP contribution in [0.1, 0.15) is 36.7 Å². The van der Waals surface area contributed by atoms with E-state index in [9.17, 15) is 9.59 Å². The van der Waals surface area contributed by atoms with Crippen LogP contribution in [0.15, 0.2) is 47.3 Å². The molecule has 0 aliphatic rings. The fourth-order valence-electron chi connectivity index (χ4n) is 3.36. The van der Waals surface area contributed by atoms with Gasteiger partial charge in [-0.1, -0.05) is 38.0 Å². The van der Waals surface area contributed by atoms with Gasteiger partial charge in [-0.05, 0) is 24.6 Å². The number of hydrogen-bond donors (Lipinski definition) is 1. The average molecular weight is 440 g/mol. The van der Waals surface area contributed by atoms with Gasteiger partial charge in [-0.25, -0.2) is 4.68 Å². The van der Waals surface area contributed by atoms with E-state index in [2.05, 4.69) is 17.3 Å². The largest absolute Gasteiger partial charge is 0.493 e. The van der Waals surface area contributed by atoms with E-state index < -0.39 is 5.91 Å². The molecule has 0 saturated heterocycles. The van der Waals surface area contributed by atoms with Crippen molar-refractivity contribution < 1.29 is 19.0 Å². The molecule has 0 unspecified atom stereocenters. The Labute approximate surface area is 187 Å². The summed E-state index contributed by atoms with van der Waals surface area (Å²) < 4.78 is 17.4. The molecule has 3 aromatic rings. The van der Waals surface area contributed by atoms with Gasteiger partial charge in [-0.2, -0.15) is 5.10 Å². The number of rotatable bonds is 11. The molecule has 32 heavy (non-hydrogen) atoms. The van der Waals surface area contributed by atoms with Gasteiger partial charge in [0.1, 0.15) is 6.61 Å². The lowest BCUT2D eigenvalue weighted by Gasteiger charge is -2.14. The van der Waals surface area contributed by atoms with E-state index >= 15 is 0 Å². The van der Waals surface area contributed by atoms with Crippen LogP contribution in [0.3, 0.4) is 0 Å². The van der Waals surface area contributed by atoms with Crippen molar-refractivity contribution in [1.29, 1.82) is 0 Å². The first-order valence-electron chi connectivity index (χ1n) is 10.7. The molecule has 0 aliphatic carbocycles. The summed E-state index contributed by atoms with van der Waals surface area (Å²) >= 11 is 0. The zero-order valence-corrected chi connectivity index (χ0v) is 18.7. The Morgan fingerprint density at radius 2 is 1.81 bits per heavy atom. The van der Waals surface area contributed by atoms with E-state index in [1.807, 2.05) is 0 Å². The summed E-state index contributed by atoms with van der Waals surface area (Å²) in [5.41, 5.74) is 0.540. The Morgan fingerprint density at radius 3 is 2.53 bits per heavy atom. The number of carbonyl (C=O) groups excluding carboxylic acids is 1. The smallest absolute Gasteiger partial charge is 0.276 e. The number of aryl methyl sites for hydroxylation is 1. The summed E-state index contributed by atoms with van der Waals surface area (Å²) in [7, 11) is 3.14. The van der Waals surface area contributed by atoms with E-state index in [1.165, 1.54) is 4.68 Å². The molecule has 1 heterocycles. The third-order valence-corrected chi connectivity index (χ3v) is 5.02. The molecule has 0 spiro atoms. The molecule has 0 bridgehead atoms. The van der Waals surface area contributed by atoms with Crippen LogP contribution in [-0.4, -0.2) is 43.1 Å². The fraction of sp³-hybridized carbons (Fsp3) is 0.375. The number of nitrogens with one attached hydrogen (secondary N) is 1. The third kappa shape index (κ3) is 5.45. The number of fused-ring (bicyclic) bond motifs is 1. The minimum Gasteiger partial charge on any atom is -0.493 e. The average Bonchev–Trinajstić information content (AvgIpc) is 2.81. The summed E-state index contributed by atoms with van der Waals surface area (Å²) in [6, 6.07) is 12.2. The van der Waals surface area contributed by atoms with Crippen molar-refractivity contribution in [3.63, 3.8) is 0 Å². The van der Waals surface area contributed by atoms with Crippen molar-refractivity contribution in [3.05, 3.63) is 58.5 Å². The highest BCUT2D eigenvalue weighted by Crippen LogP contribution is 2.30. The first kappa shape index (κ1) is 23.3. The lowest BCUT2D eigenvalue weighted by Crippen LogP contribution is -2.27. The lowest BCUT2D eigenvalue weighted by molar-refractivity contribution is 0.102. The van der Waals surface area contributed by atoms with Gasteiger partial charge >= 0.3 is 0 Å². The minimum absolute atomic E-state index is 0.188. The van der Waals surface area contributed by atoms with Crippen LogP contribution in [0.5, 0.6) is 11.5 Å². The topological polar surface area (TPSA) is 91.7 Å². The quantitative estimate of drug-likeness (QED) is 0.456. The third-order valence-electron chi connectivity index (χ3n) is 5.02. The number of anilines is 1. The second-order valence-corrected chi connectivity index (χ2v) is 7.29. The van der Waals surface area contributed by atoms with Crippen LogP contribution in [0.25, 0.3) is 10.8 Å². The van der Waals surface area contributed by atoms with Crippen LogP contribution in [-0.2, 0) is 11.3 Å². The van der Waals surface area contributed by atoms with Crippen molar-refractivity contribution in [2.45, 2.75) is 32.7 Å². The maximum atomic E-state index is 13.2. The molecule has 0 atom stereocenters. The summed E-state index contributed by atoms with van der Waals surface area (Å²) in [5, 5.41) is 8.26. The van der Waals surface area contributed by atoms with Crippen molar-refractivity contribution in [3.8, 4) is 11.5 Å². The normalized spacial score (nSPS) is 10.8. The van der Waals surface area contributed by atoms with E-state index in [0.29, 0.717) is 47.7 Å². The van der Waals surface area contributed by atoms with Gasteiger partial charge in [-0.15, -0.1) is 0 Å². The highest BCUT2D eigenvalue weighted by molar-refractivity contribution is 6.11. The number of carbonyl (C=O) groups is 1. The number of nitrogens with zero attached hydrogens (tertiary/aromatic N) is 2. The standard InChI is InChI=1S/C24H29N3O5/c1-4-5-8-13-27-24(29)19-10-7-6-9-18(19)22(26-27)23(28)25-17-11-12-20(31-3)21(16-17)32-15-14-30-2/h6-7,9-12,16H,4-5,8,13-15H2,1-3H3,(H,25,28). The number of unbranched alkanes of at least 4 members (excludes halogenated alkanes) is 2. The van der Waals surface area contributed by atoms with Gasteiger partial charge in [0.25, 0.3) is 11.5 Å². The Hall–Kier alpha value is -3.39. The molecule has 0 radical (unpaired) electrons. The molecule has 0 aliphatic heterocycles. The van der Waals surface area contributed by atoms with E-state index in [-0.39, 0.29) is 11.3 Å². The van der Waals surface area contributed by atoms with Crippen molar-refractivity contribution in [1.82, 2.24) is 9.78 Å². The molecular formula is C24H29N3O5. The lowest BCUT2D eigenvalue weighted by atomic mass is 10.1. The monoisotopic (exact) mass is 439 g/mol. The molecule has 170 valence electrons. The van der Waals surface area contributed by atoms with Crippen LogP contribution in [0.4, 0.5) is 5.69 Å². The second kappa shape index (κ2) is 11.3. The fourth-order valence-corrected chi connectivity index (χ4v) is 3.36. The van der Waals surface area contributed by atoms with Crippen LogP contribution >= 0.6 is 0 Å². The molecule has 3 rings (SSSR count). The number of ether oxygens (including phenoxy) is 3. The Balaban J connectivity index is 1.92. The SMILES string of the molecule is CCCCCn1nc(C(=O)Nc2ccc(OC)c(OCCOC)c2)c2ccccc2c1=O. The molecule has 1 N–H and O–H groups in total. The van der Waals surface area contributed by atoms with Gasteiger partial charge in [0.2, 0.25) is 0 Å². The molecule has 1 amide bonds. The molecule has 1 aromatic heterocycles. The Bertz CT molecular complexity index is 1130. The van der Waals surface area contributed by atoms with E-state index in [4.69, 9.17) is 14.2 Å². The van der Waals surface area contributed by atoms with Gasteiger partial charge in [0, 0.05) is 30.8 Å². The van der Waals surface area contributed by atoms with E-state index in [1.54, 1.807) is 56.7 Å². The molecule has 2 aromatic carbocycles. The summed E-state index contributed by atoms with van der Waals surface area (Å²) in [5.74, 6) is 0.635. The molecule has 0 fully saturated rings. The molecule has 0 saturated carbocycles. The Kier molecular flexibility index (Phi) is 8.21. The summed E-state index contributed by atoms with van der Waals surface area (Å²) in [6.45, 7) is 3.34. The first-order chi connectivity index (χ1) is 15.6. The first-order valence-corrected chi connectivity index (χ1v) is 10.7. The number of benzene rings is 2. The summed E-state index contributed by atoms with van der Waals surface area (Å²) in [6.07, 6.45) is 2.84. The van der Waals surface area contributed by atoms with Crippen LogP contribution in [0.2, 0.25) is 0 Å². The van der Waals surface area contributed by atoms with Crippen LogP contribution < -0.4 is 20.3 Å². The van der Waals surface area contributed by atoms with Gasteiger partial charge in [0.15, 0.2) is 17.2 Å². The van der Waals surface area contributed by atoms with Crippen molar-refractivity contribution in [2.75, 3.05) is 32.8 Å². The van der Waals surface area contributed by atoms with Gasteiger partial charge in [-0.3, -0.25) is 9.59 Å². The maximum absolute atomic E-state index is 13.2. The molecular weight excluding hydrogens is 410 g/mol. The summed E-state index contributed by atoms with van der Waals surface area (Å²) in [4.78, 5) is 26.0. The molecule has 8 nitrogen and oxygen atoms in total. The number of hydrogen-bond acceptors (Lipinski definition) is 6. The number of amides is 1. The Morgan fingerprint density at radius 1 is 1.03 bits per heavy atom. The van der Waals surface area contributed by atoms with Gasteiger partial charge < -0.3 is 19.5 Å². The predicted molar refractivity (Wildman–Crippen MR) is 124 cm³/mol. The maximum Gasteiger partial charge on any atom is 0.276 e. The highest BCUT2D eigenvalue weighted by atomic mass is 16.5. The minimum atomic E-state index is -0.404. The van der Waals surface area contributed by atoms with E-state index in [0.717, 1.165) is 19.3 Å². The van der Waals surface area contributed by atoms with Crippen molar-refractivity contribution in [2.24, 2.45) is 0 Å². The second-order valence-electron chi connectivity index (χ2n) is 7.29. The number of aromatic nitrogens is 2. The van der Waals surface area contributed by atoms with Crippen molar-refractivity contribution >= 4 is 22.4 Å². The highest BCUT2D eigenvalue weighted by Gasteiger charge is 2.17. The zero-order valence-electron chi connectivity index (χ0n) is 18.7. The molecule has 8 heteroatoms. The predicted octanol–water partition coefficient (Wildman–Crippen LogP) is 3.87.